The van der Waals surface area contributed by atoms with Gasteiger partial charge in [0.2, 0.25) is 0 Å². The summed E-state index contributed by atoms with van der Waals surface area (Å²) in [5.41, 5.74) is 0.841. The van der Waals surface area contributed by atoms with Crippen molar-refractivity contribution in [2.24, 2.45) is 5.92 Å². The molecular formula is C23H34N6O3. The molecule has 2 N–H and O–H groups in total. The number of benzene rings is 1. The number of rotatable bonds is 7. The zero-order valence-corrected chi connectivity index (χ0v) is 19.6. The molecule has 2 rings (SSSR count). The van der Waals surface area contributed by atoms with E-state index in [1.54, 1.807) is 35.4 Å². The fraction of sp³-hybridized carbons (Fsp3) is 0.565. The second-order valence-corrected chi connectivity index (χ2v) is 8.85. The van der Waals surface area contributed by atoms with Gasteiger partial charge in [0.1, 0.15) is 6.04 Å². The van der Waals surface area contributed by atoms with Gasteiger partial charge in [0, 0.05) is 37.4 Å². The molecule has 0 spiro atoms. The van der Waals surface area contributed by atoms with Crippen molar-refractivity contribution in [3.05, 3.63) is 29.8 Å². The summed E-state index contributed by atoms with van der Waals surface area (Å²) in [6.07, 6.45) is 4.04. The van der Waals surface area contributed by atoms with Gasteiger partial charge in [0.25, 0.3) is 11.8 Å². The molecule has 0 radical (unpaired) electrons. The average molecular weight is 443 g/mol. The number of carbonyl (C=O) groups is 3. The number of likely N-dealkylation sites (tertiary alicyclic amines) is 1. The Morgan fingerprint density at radius 2 is 1.84 bits per heavy atom. The van der Waals surface area contributed by atoms with Gasteiger partial charge in [-0.3, -0.25) is 14.5 Å². The van der Waals surface area contributed by atoms with Crippen LogP contribution in [0.25, 0.3) is 0 Å². The summed E-state index contributed by atoms with van der Waals surface area (Å²) in [6, 6.07) is 6.10. The molecule has 0 saturated carbocycles. The molecule has 4 amide bonds. The largest absolute Gasteiger partial charge is 0.340 e. The van der Waals surface area contributed by atoms with Gasteiger partial charge in [-0.2, -0.15) is 5.26 Å². The van der Waals surface area contributed by atoms with Gasteiger partial charge >= 0.3 is 6.03 Å². The van der Waals surface area contributed by atoms with E-state index in [0.717, 1.165) is 17.7 Å². The van der Waals surface area contributed by atoms with Crippen molar-refractivity contribution >= 4 is 23.5 Å². The molecule has 1 heterocycles. The van der Waals surface area contributed by atoms with E-state index < -0.39 is 17.9 Å². The first-order chi connectivity index (χ1) is 15.1. The molecule has 1 aliphatic heterocycles. The number of piperidine rings is 1. The second kappa shape index (κ2) is 11.5. The predicted molar refractivity (Wildman–Crippen MR) is 123 cm³/mol. The Bertz CT molecular complexity index is 856. The smallest absolute Gasteiger partial charge is 0.321 e. The first kappa shape index (κ1) is 25.1. The molecule has 9 nitrogen and oxygen atoms in total. The Kier molecular flexibility index (Phi) is 9.02. The topological polar surface area (TPSA) is 109 Å². The highest BCUT2D eigenvalue weighted by Crippen LogP contribution is 2.17. The highest BCUT2D eigenvalue weighted by atomic mass is 16.2. The zero-order chi connectivity index (χ0) is 23.8. The number of carbonyl (C=O) groups excluding carboxylic acids is 3. The molecule has 0 bridgehead atoms. The highest BCUT2D eigenvalue weighted by molar-refractivity contribution is 5.99. The van der Waals surface area contributed by atoms with Crippen LogP contribution in [0.4, 0.5) is 10.5 Å². The van der Waals surface area contributed by atoms with Gasteiger partial charge < -0.3 is 20.4 Å². The summed E-state index contributed by atoms with van der Waals surface area (Å²) >= 11 is 0. The Labute approximate surface area is 190 Å². The van der Waals surface area contributed by atoms with Crippen molar-refractivity contribution < 1.29 is 14.4 Å². The van der Waals surface area contributed by atoms with Gasteiger partial charge in [-0.15, -0.1) is 0 Å². The van der Waals surface area contributed by atoms with Crippen LogP contribution in [0, 0.1) is 17.4 Å². The van der Waals surface area contributed by atoms with E-state index in [-0.39, 0.29) is 11.9 Å². The van der Waals surface area contributed by atoms with Gasteiger partial charge in [-0.05, 0) is 57.5 Å². The standard InChI is InChI=1S/C23H34N6O3/c1-16(2)13-20(22(31)28(5)15-24)26-21(30)17-7-6-8-18(14-17)25-23(32)29-11-9-19(10-12-29)27(3)4/h6-8,14,16,19-20H,9-13H2,1-5H3,(H,25,32)(H,26,30). The van der Waals surface area contributed by atoms with Crippen molar-refractivity contribution in [1.29, 1.82) is 5.26 Å². The van der Waals surface area contributed by atoms with Gasteiger partial charge in [-0.25, -0.2) is 4.79 Å². The number of nitriles is 1. The van der Waals surface area contributed by atoms with E-state index in [1.165, 1.54) is 7.05 Å². The third-order valence-electron chi connectivity index (χ3n) is 5.65. The van der Waals surface area contributed by atoms with Gasteiger partial charge in [0.05, 0.1) is 0 Å². The minimum absolute atomic E-state index is 0.151. The second-order valence-electron chi connectivity index (χ2n) is 8.85. The van der Waals surface area contributed by atoms with Crippen LogP contribution in [0.1, 0.15) is 43.5 Å². The summed E-state index contributed by atoms with van der Waals surface area (Å²) in [5.74, 6) is -0.739. The minimum atomic E-state index is -0.802. The number of nitrogens with zero attached hydrogens (tertiary/aromatic N) is 4. The number of hydrogen-bond donors (Lipinski definition) is 2. The maximum atomic E-state index is 12.8. The lowest BCUT2D eigenvalue weighted by Crippen LogP contribution is -2.46. The Hall–Kier alpha value is -3.12. The molecule has 1 unspecified atom stereocenters. The number of anilines is 1. The summed E-state index contributed by atoms with van der Waals surface area (Å²) in [4.78, 5) is 42.8. The molecule has 174 valence electrons. The van der Waals surface area contributed by atoms with Crippen LogP contribution < -0.4 is 10.6 Å². The van der Waals surface area contributed by atoms with Crippen LogP contribution in [0.5, 0.6) is 0 Å². The van der Waals surface area contributed by atoms with Crippen molar-refractivity contribution in [2.45, 2.75) is 45.2 Å². The molecule has 1 atom stereocenters. The first-order valence-corrected chi connectivity index (χ1v) is 10.9. The quantitative estimate of drug-likeness (QED) is 0.498. The number of amides is 4. The zero-order valence-electron chi connectivity index (χ0n) is 19.6. The highest BCUT2D eigenvalue weighted by Gasteiger charge is 2.26. The maximum absolute atomic E-state index is 12.8. The fourth-order valence-corrected chi connectivity index (χ4v) is 3.74. The van der Waals surface area contributed by atoms with Crippen molar-refractivity contribution in [1.82, 2.24) is 20.0 Å². The van der Waals surface area contributed by atoms with Crippen LogP contribution in [0.15, 0.2) is 24.3 Å². The SMILES string of the molecule is CC(C)CC(NC(=O)c1cccc(NC(=O)N2CCC(N(C)C)CC2)c1)C(=O)N(C)C#N. The summed E-state index contributed by atoms with van der Waals surface area (Å²) in [5, 5.41) is 14.6. The Morgan fingerprint density at radius 1 is 1.19 bits per heavy atom. The number of nitrogens with one attached hydrogen (secondary N) is 2. The van der Waals surface area contributed by atoms with E-state index in [1.807, 2.05) is 13.8 Å². The van der Waals surface area contributed by atoms with E-state index in [9.17, 15) is 14.4 Å². The van der Waals surface area contributed by atoms with E-state index in [4.69, 9.17) is 5.26 Å². The van der Waals surface area contributed by atoms with Crippen molar-refractivity contribution in [2.75, 3.05) is 39.5 Å². The van der Waals surface area contributed by atoms with E-state index >= 15 is 0 Å². The molecule has 1 saturated heterocycles. The number of likely N-dealkylation sites (N-methyl/N-ethyl adjacent to an activating group) is 1. The molecule has 32 heavy (non-hydrogen) atoms. The lowest BCUT2D eigenvalue weighted by molar-refractivity contribution is -0.129. The predicted octanol–water partition coefficient (Wildman–Crippen LogP) is 2.33. The molecular weight excluding hydrogens is 408 g/mol. The minimum Gasteiger partial charge on any atom is -0.340 e. The van der Waals surface area contributed by atoms with Gasteiger partial charge in [0.15, 0.2) is 6.19 Å². The fourth-order valence-electron chi connectivity index (χ4n) is 3.74. The van der Waals surface area contributed by atoms with Crippen LogP contribution in [-0.4, -0.2) is 78.9 Å². The van der Waals surface area contributed by atoms with Crippen LogP contribution in [0.3, 0.4) is 0 Å². The van der Waals surface area contributed by atoms with Crippen LogP contribution >= 0.6 is 0 Å². The molecule has 0 aliphatic carbocycles. The van der Waals surface area contributed by atoms with Crippen LogP contribution in [-0.2, 0) is 4.79 Å². The molecule has 9 heteroatoms. The third-order valence-corrected chi connectivity index (χ3v) is 5.65. The number of urea groups is 1. The Balaban J connectivity index is 2.03. The lowest BCUT2D eigenvalue weighted by Gasteiger charge is -2.35. The lowest BCUT2D eigenvalue weighted by atomic mass is 10.0. The van der Waals surface area contributed by atoms with Crippen LogP contribution in [0.2, 0.25) is 0 Å². The Morgan fingerprint density at radius 3 is 2.41 bits per heavy atom. The first-order valence-electron chi connectivity index (χ1n) is 10.9. The van der Waals surface area contributed by atoms with E-state index in [2.05, 4.69) is 29.6 Å². The average Bonchev–Trinajstić information content (AvgIpc) is 2.77. The van der Waals surface area contributed by atoms with Crippen molar-refractivity contribution in [3.63, 3.8) is 0 Å². The molecule has 0 aromatic heterocycles. The molecule has 1 aromatic carbocycles. The summed E-state index contributed by atoms with van der Waals surface area (Å²) in [7, 11) is 5.47. The monoisotopic (exact) mass is 442 g/mol. The molecule has 1 aromatic rings. The van der Waals surface area contributed by atoms with Gasteiger partial charge in [-0.1, -0.05) is 19.9 Å². The third kappa shape index (κ3) is 6.95. The maximum Gasteiger partial charge on any atom is 0.321 e. The van der Waals surface area contributed by atoms with Crippen molar-refractivity contribution in [3.8, 4) is 6.19 Å². The normalized spacial score (nSPS) is 15.2. The molecule has 1 aliphatic rings. The number of hydrogen-bond acceptors (Lipinski definition) is 5. The summed E-state index contributed by atoms with van der Waals surface area (Å²) < 4.78 is 0. The molecule has 1 fully saturated rings. The summed E-state index contributed by atoms with van der Waals surface area (Å²) in [6.45, 7) is 5.24. The van der Waals surface area contributed by atoms with E-state index in [0.29, 0.717) is 36.8 Å².